The van der Waals surface area contributed by atoms with E-state index in [-0.39, 0.29) is 6.03 Å². The minimum absolute atomic E-state index is 0.272. The van der Waals surface area contributed by atoms with Crippen LogP contribution >= 0.6 is 0 Å². The van der Waals surface area contributed by atoms with E-state index < -0.39 is 0 Å². The summed E-state index contributed by atoms with van der Waals surface area (Å²) in [6.07, 6.45) is 3.50. The molecule has 1 N–H and O–H groups in total. The molecule has 0 saturated carbocycles. The minimum Gasteiger partial charge on any atom is -0.308 e. The summed E-state index contributed by atoms with van der Waals surface area (Å²) in [4.78, 5) is 19.8. The summed E-state index contributed by atoms with van der Waals surface area (Å²) in [6.45, 7) is 1.67. The maximum Gasteiger partial charge on any atom is 0.328 e. The molecule has 0 radical (unpaired) electrons. The second-order valence-corrected chi connectivity index (χ2v) is 4.94. The zero-order valence-corrected chi connectivity index (χ0v) is 12.5. The van der Waals surface area contributed by atoms with Crippen molar-refractivity contribution in [1.82, 2.24) is 19.7 Å². The van der Waals surface area contributed by atoms with Gasteiger partial charge in [0.2, 0.25) is 0 Å². The van der Waals surface area contributed by atoms with Gasteiger partial charge < -0.3 is 4.90 Å². The first-order chi connectivity index (χ1) is 10.1. The highest BCUT2D eigenvalue weighted by Crippen LogP contribution is 2.09. The Morgan fingerprint density at radius 1 is 1.29 bits per heavy atom. The predicted molar refractivity (Wildman–Crippen MR) is 82.4 cm³/mol. The zero-order chi connectivity index (χ0) is 15.2. The Labute approximate surface area is 124 Å². The lowest BCUT2D eigenvalue weighted by molar-refractivity contribution is 0.258. The van der Waals surface area contributed by atoms with E-state index in [2.05, 4.69) is 20.3 Å². The molecule has 0 aliphatic carbocycles. The highest BCUT2D eigenvalue weighted by Gasteiger charge is 2.12. The number of hydrogen-bond donors (Lipinski definition) is 1. The molecule has 2 aromatic rings. The number of rotatable bonds is 5. The number of pyridine rings is 1. The van der Waals surface area contributed by atoms with Gasteiger partial charge in [-0.05, 0) is 26.2 Å². The predicted octanol–water partition coefficient (Wildman–Crippen LogP) is 1.51. The Hall–Kier alpha value is -2.41. The van der Waals surface area contributed by atoms with Crippen LogP contribution in [0, 0.1) is 0 Å². The van der Waals surface area contributed by atoms with Crippen LogP contribution < -0.4 is 10.2 Å². The molecule has 2 amide bonds. The fourth-order valence-electron chi connectivity index (χ4n) is 1.70. The summed E-state index contributed by atoms with van der Waals surface area (Å²) < 4.78 is 1.80. The third kappa shape index (κ3) is 4.28. The lowest BCUT2D eigenvalue weighted by Crippen LogP contribution is -2.32. The fraction of sp³-hybridized carbons (Fsp3) is 0.357. The van der Waals surface area contributed by atoms with E-state index >= 15 is 0 Å². The third-order valence-electron chi connectivity index (χ3n) is 2.95. The summed E-state index contributed by atoms with van der Waals surface area (Å²) in [5.74, 6) is 1.11. The van der Waals surface area contributed by atoms with Gasteiger partial charge in [0, 0.05) is 32.1 Å². The molecule has 0 spiro atoms. The molecule has 0 aliphatic heterocycles. The maximum absolute atomic E-state index is 12.1. The second kappa shape index (κ2) is 6.85. The summed E-state index contributed by atoms with van der Waals surface area (Å²) in [6, 6.07) is 6.92. The number of carbonyl (C=O) groups is 1. The van der Waals surface area contributed by atoms with Crippen molar-refractivity contribution in [1.29, 1.82) is 0 Å². The molecule has 112 valence electrons. The fourth-order valence-corrected chi connectivity index (χ4v) is 1.70. The van der Waals surface area contributed by atoms with Gasteiger partial charge in [0.05, 0.1) is 6.54 Å². The van der Waals surface area contributed by atoms with E-state index in [4.69, 9.17) is 0 Å². The summed E-state index contributed by atoms with van der Waals surface area (Å²) in [5.41, 5.74) is 0. The first-order valence-electron chi connectivity index (χ1n) is 6.70. The van der Waals surface area contributed by atoms with E-state index in [0.29, 0.717) is 11.6 Å². The van der Waals surface area contributed by atoms with Crippen molar-refractivity contribution in [2.75, 3.05) is 37.9 Å². The zero-order valence-electron chi connectivity index (χ0n) is 12.5. The number of amides is 2. The smallest absolute Gasteiger partial charge is 0.308 e. The number of likely N-dealkylation sites (N-methyl/N-ethyl adjacent to an activating group) is 1. The molecule has 0 fully saturated rings. The standard InChI is InChI=1S/C14H20N6O/c1-18(2)10-11-20-9-7-12(17-20)16-14(21)19(3)13-6-4-5-8-15-13/h4-9H,10-11H2,1-3H3,(H,16,17,21). The molecule has 0 bridgehead atoms. The Bertz CT molecular complexity index is 580. The molecule has 2 heterocycles. The molecule has 0 unspecified atom stereocenters. The second-order valence-electron chi connectivity index (χ2n) is 4.94. The van der Waals surface area contributed by atoms with Crippen molar-refractivity contribution in [2.45, 2.75) is 6.54 Å². The lowest BCUT2D eigenvalue weighted by Gasteiger charge is -2.15. The molecule has 2 aromatic heterocycles. The molecule has 0 atom stereocenters. The van der Waals surface area contributed by atoms with Crippen molar-refractivity contribution in [3.63, 3.8) is 0 Å². The van der Waals surface area contributed by atoms with E-state index in [9.17, 15) is 4.79 Å². The number of carbonyl (C=O) groups excluding carboxylic acids is 1. The van der Waals surface area contributed by atoms with Crippen LogP contribution in [0.4, 0.5) is 16.4 Å². The summed E-state index contributed by atoms with van der Waals surface area (Å²) >= 11 is 0. The van der Waals surface area contributed by atoms with E-state index in [1.165, 1.54) is 4.90 Å². The summed E-state index contributed by atoms with van der Waals surface area (Å²) in [7, 11) is 5.68. The van der Waals surface area contributed by atoms with Crippen molar-refractivity contribution in [2.24, 2.45) is 0 Å². The van der Waals surface area contributed by atoms with Crippen LogP contribution in [-0.2, 0) is 6.54 Å². The van der Waals surface area contributed by atoms with Crippen molar-refractivity contribution in [3.8, 4) is 0 Å². The van der Waals surface area contributed by atoms with E-state index in [1.807, 2.05) is 32.4 Å². The van der Waals surface area contributed by atoms with Gasteiger partial charge >= 0.3 is 6.03 Å². The normalized spacial score (nSPS) is 10.7. The monoisotopic (exact) mass is 288 g/mol. The highest BCUT2D eigenvalue weighted by molar-refractivity contribution is 6.00. The highest BCUT2D eigenvalue weighted by atomic mass is 16.2. The van der Waals surface area contributed by atoms with Gasteiger partial charge in [-0.3, -0.25) is 14.9 Å². The molecule has 0 saturated heterocycles. The molecule has 2 rings (SSSR count). The molecule has 0 aromatic carbocycles. The SMILES string of the molecule is CN(C)CCn1ccc(NC(=O)N(C)c2ccccn2)n1. The van der Waals surface area contributed by atoms with E-state index in [1.54, 1.807) is 30.1 Å². The Morgan fingerprint density at radius 2 is 2.10 bits per heavy atom. The van der Waals surface area contributed by atoms with Crippen LogP contribution in [0.2, 0.25) is 0 Å². The van der Waals surface area contributed by atoms with Gasteiger partial charge in [0.15, 0.2) is 5.82 Å². The number of urea groups is 1. The maximum atomic E-state index is 12.1. The van der Waals surface area contributed by atoms with Gasteiger partial charge in [-0.2, -0.15) is 5.10 Å². The van der Waals surface area contributed by atoms with Gasteiger partial charge in [-0.25, -0.2) is 9.78 Å². The van der Waals surface area contributed by atoms with Crippen LogP contribution in [-0.4, -0.2) is 53.4 Å². The van der Waals surface area contributed by atoms with Gasteiger partial charge in [0.25, 0.3) is 0 Å². The van der Waals surface area contributed by atoms with Gasteiger partial charge in [0.1, 0.15) is 5.82 Å². The number of hydrogen-bond acceptors (Lipinski definition) is 4. The molecule has 7 nitrogen and oxygen atoms in total. The van der Waals surface area contributed by atoms with E-state index in [0.717, 1.165) is 13.1 Å². The van der Waals surface area contributed by atoms with Crippen LogP contribution in [0.15, 0.2) is 36.7 Å². The van der Waals surface area contributed by atoms with Gasteiger partial charge in [-0.15, -0.1) is 0 Å². The first-order valence-corrected chi connectivity index (χ1v) is 6.70. The third-order valence-corrected chi connectivity index (χ3v) is 2.95. The van der Waals surface area contributed by atoms with Crippen LogP contribution in [0.5, 0.6) is 0 Å². The van der Waals surface area contributed by atoms with Crippen LogP contribution in [0.3, 0.4) is 0 Å². The quantitative estimate of drug-likeness (QED) is 0.905. The van der Waals surface area contributed by atoms with Crippen LogP contribution in [0.1, 0.15) is 0 Å². The molecule has 21 heavy (non-hydrogen) atoms. The van der Waals surface area contributed by atoms with Crippen molar-refractivity contribution < 1.29 is 4.79 Å². The topological polar surface area (TPSA) is 66.3 Å². The number of anilines is 2. The first kappa shape index (κ1) is 15.0. The molecule has 7 heteroatoms. The molecular weight excluding hydrogens is 268 g/mol. The lowest BCUT2D eigenvalue weighted by atomic mass is 10.4. The Morgan fingerprint density at radius 3 is 2.76 bits per heavy atom. The van der Waals surface area contributed by atoms with Crippen molar-refractivity contribution >= 4 is 17.7 Å². The Balaban J connectivity index is 1.93. The minimum atomic E-state index is -0.272. The van der Waals surface area contributed by atoms with Gasteiger partial charge in [-0.1, -0.05) is 6.07 Å². The summed E-state index contributed by atoms with van der Waals surface area (Å²) in [5, 5.41) is 7.06. The average molecular weight is 288 g/mol. The molecular formula is C14H20N6O. The average Bonchev–Trinajstić information content (AvgIpc) is 2.92. The van der Waals surface area contributed by atoms with Crippen LogP contribution in [0.25, 0.3) is 0 Å². The number of nitrogens with zero attached hydrogens (tertiary/aromatic N) is 5. The van der Waals surface area contributed by atoms with Crippen molar-refractivity contribution in [3.05, 3.63) is 36.7 Å². The molecule has 0 aliphatic rings. The number of aromatic nitrogens is 3. The number of nitrogens with one attached hydrogen (secondary N) is 1. The Kier molecular flexibility index (Phi) is 4.89. The largest absolute Gasteiger partial charge is 0.328 e.